The molecule has 7 nitrogen and oxygen atoms in total. The van der Waals surface area contributed by atoms with Crippen molar-refractivity contribution in [2.45, 2.75) is 50.2 Å². The van der Waals surface area contributed by atoms with Crippen LogP contribution in [0.2, 0.25) is 15.1 Å². The van der Waals surface area contributed by atoms with Gasteiger partial charge in [0.1, 0.15) is 12.6 Å². The summed E-state index contributed by atoms with van der Waals surface area (Å²) in [7, 11) is -4.22. The van der Waals surface area contributed by atoms with Crippen molar-refractivity contribution in [2.75, 3.05) is 10.8 Å². The van der Waals surface area contributed by atoms with Gasteiger partial charge in [0, 0.05) is 24.0 Å². The van der Waals surface area contributed by atoms with E-state index in [9.17, 15) is 18.0 Å². The van der Waals surface area contributed by atoms with Gasteiger partial charge >= 0.3 is 0 Å². The Morgan fingerprint density at radius 2 is 1.42 bits per heavy atom. The van der Waals surface area contributed by atoms with Gasteiger partial charge in [0.25, 0.3) is 10.0 Å². The van der Waals surface area contributed by atoms with E-state index in [4.69, 9.17) is 34.8 Å². The number of nitrogens with zero attached hydrogens (tertiary/aromatic N) is 2. The fourth-order valence-corrected chi connectivity index (χ4v) is 6.55. The number of anilines is 1. The zero-order valence-corrected chi connectivity index (χ0v) is 28.0. The molecule has 236 valence electrons. The summed E-state index contributed by atoms with van der Waals surface area (Å²) < 4.78 is 29.1. The third-order valence-electron chi connectivity index (χ3n) is 7.33. The van der Waals surface area contributed by atoms with Gasteiger partial charge in [-0.05, 0) is 73.0 Å². The summed E-state index contributed by atoms with van der Waals surface area (Å²) in [4.78, 5) is 29.7. The van der Waals surface area contributed by atoms with Crippen LogP contribution in [-0.2, 0) is 32.6 Å². The predicted octanol–water partition coefficient (Wildman–Crippen LogP) is 7.40. The first-order valence-corrected chi connectivity index (χ1v) is 17.0. The van der Waals surface area contributed by atoms with Crippen molar-refractivity contribution in [3.63, 3.8) is 0 Å². The normalized spacial score (nSPS) is 12.6. The number of rotatable bonds is 13. The van der Waals surface area contributed by atoms with Gasteiger partial charge in [-0.3, -0.25) is 13.9 Å². The maximum absolute atomic E-state index is 14.5. The lowest BCUT2D eigenvalue weighted by Crippen LogP contribution is -2.54. The van der Waals surface area contributed by atoms with Gasteiger partial charge in [0.2, 0.25) is 11.8 Å². The molecular formula is C34H34Cl3N3O4S. The smallest absolute Gasteiger partial charge is 0.264 e. The van der Waals surface area contributed by atoms with Gasteiger partial charge in [-0.15, -0.1) is 0 Å². The second-order valence-corrected chi connectivity index (χ2v) is 13.7. The number of benzene rings is 4. The van der Waals surface area contributed by atoms with Crippen LogP contribution in [0.25, 0.3) is 0 Å². The Labute approximate surface area is 279 Å². The summed E-state index contributed by atoms with van der Waals surface area (Å²) in [6.07, 6.45) is 0.886. The lowest BCUT2D eigenvalue weighted by molar-refractivity contribution is -0.140. The van der Waals surface area contributed by atoms with Crippen LogP contribution in [0, 0.1) is 0 Å². The summed E-state index contributed by atoms with van der Waals surface area (Å²) in [5, 5.41) is 4.03. The zero-order valence-electron chi connectivity index (χ0n) is 24.9. The molecule has 4 rings (SSSR count). The molecule has 0 aromatic heterocycles. The lowest BCUT2D eigenvalue weighted by Gasteiger charge is -2.34. The minimum absolute atomic E-state index is 0.0230. The maximum atomic E-state index is 14.5. The molecule has 0 unspecified atom stereocenters. The number of carbonyl (C=O) groups is 2. The Balaban J connectivity index is 1.80. The summed E-state index contributed by atoms with van der Waals surface area (Å²) in [5.74, 6) is -0.934. The Kier molecular flexibility index (Phi) is 11.9. The van der Waals surface area contributed by atoms with Crippen molar-refractivity contribution in [2.24, 2.45) is 0 Å². The highest BCUT2D eigenvalue weighted by molar-refractivity contribution is 7.92. The van der Waals surface area contributed by atoms with E-state index >= 15 is 0 Å². The molecule has 45 heavy (non-hydrogen) atoms. The van der Waals surface area contributed by atoms with Crippen LogP contribution in [0.1, 0.15) is 31.4 Å². The van der Waals surface area contributed by atoms with Crippen molar-refractivity contribution >= 4 is 62.3 Å². The molecule has 0 aliphatic rings. The van der Waals surface area contributed by atoms with E-state index in [0.717, 1.165) is 9.87 Å². The molecule has 0 aliphatic carbocycles. The summed E-state index contributed by atoms with van der Waals surface area (Å²) in [6.45, 7) is 3.25. The molecular weight excluding hydrogens is 653 g/mol. The fraction of sp³-hybridized carbons (Fsp3) is 0.235. The second-order valence-electron chi connectivity index (χ2n) is 10.6. The minimum atomic E-state index is -4.22. The van der Waals surface area contributed by atoms with E-state index in [1.807, 2.05) is 44.2 Å². The molecule has 2 amide bonds. The predicted molar refractivity (Wildman–Crippen MR) is 181 cm³/mol. The van der Waals surface area contributed by atoms with Crippen LogP contribution in [0.4, 0.5) is 5.69 Å². The van der Waals surface area contributed by atoms with Gasteiger partial charge in [-0.2, -0.15) is 0 Å². The first kappa shape index (κ1) is 34.3. The van der Waals surface area contributed by atoms with Gasteiger partial charge in [0.15, 0.2) is 0 Å². The average molecular weight is 687 g/mol. The van der Waals surface area contributed by atoms with Crippen LogP contribution >= 0.6 is 34.8 Å². The topological polar surface area (TPSA) is 86.8 Å². The SMILES string of the molecule is CC[C@@H](C)NC(=O)[C@H](Cc1ccccc1)N(Cc1ccc(Cl)c(Cl)c1)C(=O)CN(c1ccccc1)S(=O)(=O)c1ccc(Cl)cc1. The number of halogens is 3. The monoisotopic (exact) mass is 685 g/mol. The molecule has 1 N–H and O–H groups in total. The first-order valence-electron chi connectivity index (χ1n) is 14.4. The van der Waals surface area contributed by atoms with Crippen LogP contribution in [0.5, 0.6) is 0 Å². The molecule has 0 radical (unpaired) electrons. The van der Waals surface area contributed by atoms with Gasteiger partial charge in [-0.1, -0.05) is 96.3 Å². The maximum Gasteiger partial charge on any atom is 0.264 e. The third kappa shape index (κ3) is 9.01. The van der Waals surface area contributed by atoms with E-state index in [-0.39, 0.29) is 29.8 Å². The Hall–Kier alpha value is -3.56. The molecule has 4 aromatic carbocycles. The summed E-state index contributed by atoms with van der Waals surface area (Å²) in [5.41, 5.74) is 1.75. The molecule has 0 fully saturated rings. The second kappa shape index (κ2) is 15.6. The molecule has 0 aliphatic heterocycles. The lowest BCUT2D eigenvalue weighted by atomic mass is 10.0. The van der Waals surface area contributed by atoms with Gasteiger partial charge in [0.05, 0.1) is 20.6 Å². The largest absolute Gasteiger partial charge is 0.352 e. The first-order chi connectivity index (χ1) is 21.5. The summed E-state index contributed by atoms with van der Waals surface area (Å²) >= 11 is 18.5. The minimum Gasteiger partial charge on any atom is -0.352 e. The summed E-state index contributed by atoms with van der Waals surface area (Å²) in [6, 6.07) is 27.3. The van der Waals surface area contributed by atoms with Crippen molar-refractivity contribution in [1.29, 1.82) is 0 Å². The molecule has 2 atom stereocenters. The number of hydrogen-bond acceptors (Lipinski definition) is 4. The van der Waals surface area contributed by atoms with Crippen LogP contribution in [0.3, 0.4) is 0 Å². The standard InChI is InChI=1S/C34H34Cl3N3O4S/c1-3-24(2)38-34(42)32(21-25-10-6-4-7-11-25)39(22-26-14-19-30(36)31(37)20-26)33(41)23-40(28-12-8-5-9-13-28)45(43,44)29-17-15-27(35)16-18-29/h4-20,24,32H,3,21-23H2,1-2H3,(H,38,42)/t24-,32+/m1/s1. The Morgan fingerprint density at radius 3 is 2.02 bits per heavy atom. The number of nitrogens with one attached hydrogen (secondary N) is 1. The van der Waals surface area contributed by atoms with Crippen molar-refractivity contribution in [3.8, 4) is 0 Å². The van der Waals surface area contributed by atoms with E-state index in [0.29, 0.717) is 32.7 Å². The highest BCUT2D eigenvalue weighted by Gasteiger charge is 2.35. The fourth-order valence-electron chi connectivity index (χ4n) is 4.69. The quantitative estimate of drug-likeness (QED) is 0.159. The van der Waals surface area contributed by atoms with Gasteiger partial charge in [-0.25, -0.2) is 8.42 Å². The van der Waals surface area contributed by atoms with E-state index in [2.05, 4.69) is 5.32 Å². The molecule has 4 aromatic rings. The Bertz CT molecular complexity index is 1710. The highest BCUT2D eigenvalue weighted by Crippen LogP contribution is 2.27. The molecule has 11 heteroatoms. The van der Waals surface area contributed by atoms with Crippen LogP contribution in [-0.4, -0.2) is 43.8 Å². The molecule has 0 heterocycles. The van der Waals surface area contributed by atoms with Crippen LogP contribution in [0.15, 0.2) is 108 Å². The average Bonchev–Trinajstić information content (AvgIpc) is 3.04. The zero-order chi connectivity index (χ0) is 32.6. The van der Waals surface area contributed by atoms with E-state index < -0.39 is 28.5 Å². The van der Waals surface area contributed by atoms with E-state index in [1.165, 1.54) is 29.2 Å². The number of carbonyl (C=O) groups excluding carboxylic acids is 2. The molecule has 0 saturated carbocycles. The van der Waals surface area contributed by atoms with Crippen molar-refractivity contribution in [1.82, 2.24) is 10.2 Å². The molecule has 0 bridgehead atoms. The number of amides is 2. The number of hydrogen-bond donors (Lipinski definition) is 1. The molecule has 0 spiro atoms. The van der Waals surface area contributed by atoms with Crippen LogP contribution < -0.4 is 9.62 Å². The van der Waals surface area contributed by atoms with Gasteiger partial charge < -0.3 is 10.2 Å². The van der Waals surface area contributed by atoms with Crippen molar-refractivity contribution < 1.29 is 18.0 Å². The van der Waals surface area contributed by atoms with Crippen molar-refractivity contribution in [3.05, 3.63) is 129 Å². The number of para-hydroxylation sites is 1. The number of sulfonamides is 1. The highest BCUT2D eigenvalue weighted by atomic mass is 35.5. The molecule has 0 saturated heterocycles. The third-order valence-corrected chi connectivity index (χ3v) is 10.1. The Morgan fingerprint density at radius 1 is 0.800 bits per heavy atom. The van der Waals surface area contributed by atoms with E-state index in [1.54, 1.807) is 48.5 Å².